The maximum atomic E-state index is 13.0. The number of carbonyl (C=O) groups excluding carboxylic acids is 1. The molecule has 0 aliphatic carbocycles. The summed E-state index contributed by atoms with van der Waals surface area (Å²) in [6, 6.07) is 9.27. The molecule has 3 rings (SSSR count). The predicted octanol–water partition coefficient (Wildman–Crippen LogP) is 3.14. The Kier molecular flexibility index (Phi) is 3.39. The number of ether oxygens (including phenoxy) is 1. The Morgan fingerprint density at radius 1 is 1.29 bits per heavy atom. The summed E-state index contributed by atoms with van der Waals surface area (Å²) in [6.07, 6.45) is 3.75. The highest BCUT2D eigenvalue weighted by Crippen LogP contribution is 2.10. The Morgan fingerprint density at radius 2 is 2.14 bits per heavy atom. The first-order valence-electron chi connectivity index (χ1n) is 6.49. The highest BCUT2D eigenvalue weighted by atomic mass is 19.1. The van der Waals surface area contributed by atoms with Crippen LogP contribution in [0.5, 0.6) is 0 Å². The van der Waals surface area contributed by atoms with Gasteiger partial charge in [0.05, 0.1) is 11.3 Å². The van der Waals surface area contributed by atoms with Crippen LogP contribution in [0.3, 0.4) is 0 Å². The van der Waals surface area contributed by atoms with Crippen LogP contribution < -0.4 is 0 Å². The molecule has 0 atom stereocenters. The van der Waals surface area contributed by atoms with E-state index in [9.17, 15) is 9.18 Å². The Hall–Kier alpha value is -2.69. The second kappa shape index (κ2) is 5.36. The Labute approximate surface area is 120 Å². The van der Waals surface area contributed by atoms with E-state index in [0.29, 0.717) is 5.69 Å². The van der Waals surface area contributed by atoms with Crippen LogP contribution in [0, 0.1) is 12.7 Å². The van der Waals surface area contributed by atoms with Gasteiger partial charge in [0.1, 0.15) is 18.1 Å². The average molecular weight is 284 g/mol. The topological polar surface area (TPSA) is 43.6 Å². The van der Waals surface area contributed by atoms with Crippen LogP contribution in [0.2, 0.25) is 0 Å². The van der Waals surface area contributed by atoms with E-state index < -0.39 is 11.8 Å². The quantitative estimate of drug-likeness (QED) is 0.694. The summed E-state index contributed by atoms with van der Waals surface area (Å²) in [4.78, 5) is 16.2. The number of rotatable bonds is 3. The van der Waals surface area contributed by atoms with Gasteiger partial charge in [-0.25, -0.2) is 14.2 Å². The molecule has 0 unspecified atom stereocenters. The van der Waals surface area contributed by atoms with Crippen molar-refractivity contribution in [3.05, 3.63) is 71.4 Å². The van der Waals surface area contributed by atoms with Crippen molar-refractivity contribution >= 4 is 11.6 Å². The molecule has 5 heteroatoms. The minimum Gasteiger partial charge on any atom is -0.456 e. The molecular weight excluding hydrogens is 271 g/mol. The number of fused-ring (bicyclic) bond motifs is 1. The third kappa shape index (κ3) is 2.91. The van der Waals surface area contributed by atoms with E-state index in [0.717, 1.165) is 17.3 Å². The summed E-state index contributed by atoms with van der Waals surface area (Å²) < 4.78 is 20.1. The number of hydrogen-bond acceptors (Lipinski definition) is 3. The van der Waals surface area contributed by atoms with E-state index in [1.165, 1.54) is 18.2 Å². The minimum absolute atomic E-state index is 0.0517. The second-order valence-electron chi connectivity index (χ2n) is 4.79. The smallest absolute Gasteiger partial charge is 0.338 e. The molecule has 0 radical (unpaired) electrons. The van der Waals surface area contributed by atoms with Crippen LogP contribution in [-0.2, 0) is 11.3 Å². The van der Waals surface area contributed by atoms with Crippen molar-refractivity contribution in [3.63, 3.8) is 0 Å². The number of benzene rings is 1. The first kappa shape index (κ1) is 13.3. The molecule has 4 nitrogen and oxygen atoms in total. The lowest BCUT2D eigenvalue weighted by Crippen LogP contribution is -2.05. The van der Waals surface area contributed by atoms with Gasteiger partial charge in [-0.1, -0.05) is 12.1 Å². The molecule has 0 aliphatic heterocycles. The lowest BCUT2D eigenvalue weighted by Gasteiger charge is -2.02. The number of halogens is 1. The number of hydrogen-bond donors (Lipinski definition) is 0. The van der Waals surface area contributed by atoms with Gasteiger partial charge in [-0.2, -0.15) is 0 Å². The van der Waals surface area contributed by atoms with Crippen molar-refractivity contribution in [1.82, 2.24) is 9.38 Å². The lowest BCUT2D eigenvalue weighted by atomic mass is 10.2. The van der Waals surface area contributed by atoms with Crippen molar-refractivity contribution < 1.29 is 13.9 Å². The number of imidazole rings is 1. The van der Waals surface area contributed by atoms with Gasteiger partial charge in [0.15, 0.2) is 0 Å². The predicted molar refractivity (Wildman–Crippen MR) is 75.4 cm³/mol. The fraction of sp³-hybridized carbons (Fsp3) is 0.125. The summed E-state index contributed by atoms with van der Waals surface area (Å²) in [7, 11) is 0. The first-order valence-corrected chi connectivity index (χ1v) is 6.49. The van der Waals surface area contributed by atoms with Gasteiger partial charge < -0.3 is 9.14 Å². The van der Waals surface area contributed by atoms with Crippen LogP contribution in [0.15, 0.2) is 48.8 Å². The molecule has 0 saturated carbocycles. The standard InChI is InChI=1S/C16H13FN2O2/c1-11-5-6-15-18-14(9-19(15)8-11)10-21-16(20)12-3-2-4-13(17)7-12/h2-9H,10H2,1H3. The number of aryl methyl sites for hydroxylation is 1. The average Bonchev–Trinajstić information content (AvgIpc) is 2.86. The van der Waals surface area contributed by atoms with Gasteiger partial charge in [0, 0.05) is 12.4 Å². The molecule has 2 aromatic heterocycles. The van der Waals surface area contributed by atoms with E-state index in [1.54, 1.807) is 6.20 Å². The summed E-state index contributed by atoms with van der Waals surface area (Å²) in [5.74, 6) is -1.03. The van der Waals surface area contributed by atoms with Gasteiger partial charge in [-0.3, -0.25) is 0 Å². The Balaban J connectivity index is 1.72. The van der Waals surface area contributed by atoms with Crippen molar-refractivity contribution in [3.8, 4) is 0 Å². The van der Waals surface area contributed by atoms with Crippen LogP contribution in [-0.4, -0.2) is 15.4 Å². The third-order valence-corrected chi connectivity index (χ3v) is 3.06. The molecule has 0 N–H and O–H groups in total. The number of aromatic nitrogens is 2. The molecule has 0 aliphatic rings. The first-order chi connectivity index (χ1) is 10.1. The van der Waals surface area contributed by atoms with Gasteiger partial charge in [-0.15, -0.1) is 0 Å². The number of nitrogens with zero attached hydrogens (tertiary/aromatic N) is 2. The normalized spacial score (nSPS) is 10.8. The van der Waals surface area contributed by atoms with E-state index in [-0.39, 0.29) is 12.2 Å². The molecule has 21 heavy (non-hydrogen) atoms. The summed E-state index contributed by atoms with van der Waals surface area (Å²) >= 11 is 0. The van der Waals surface area contributed by atoms with Crippen LogP contribution in [0.4, 0.5) is 4.39 Å². The van der Waals surface area contributed by atoms with Crippen molar-refractivity contribution in [1.29, 1.82) is 0 Å². The van der Waals surface area contributed by atoms with Gasteiger partial charge in [0.25, 0.3) is 0 Å². The zero-order chi connectivity index (χ0) is 14.8. The fourth-order valence-corrected chi connectivity index (χ4v) is 2.06. The third-order valence-electron chi connectivity index (χ3n) is 3.06. The van der Waals surface area contributed by atoms with Crippen molar-refractivity contribution in [2.75, 3.05) is 0 Å². The highest BCUT2D eigenvalue weighted by Gasteiger charge is 2.09. The van der Waals surface area contributed by atoms with E-state index in [2.05, 4.69) is 4.98 Å². The largest absolute Gasteiger partial charge is 0.456 e. The fourth-order valence-electron chi connectivity index (χ4n) is 2.06. The maximum Gasteiger partial charge on any atom is 0.338 e. The molecule has 0 amide bonds. The SMILES string of the molecule is Cc1ccc2nc(COC(=O)c3cccc(F)c3)cn2c1. The monoisotopic (exact) mass is 284 g/mol. The van der Waals surface area contributed by atoms with Gasteiger partial charge in [0.2, 0.25) is 0 Å². The molecule has 0 bridgehead atoms. The molecule has 106 valence electrons. The zero-order valence-electron chi connectivity index (χ0n) is 11.4. The van der Waals surface area contributed by atoms with E-state index in [4.69, 9.17) is 4.74 Å². The van der Waals surface area contributed by atoms with Crippen molar-refractivity contribution in [2.45, 2.75) is 13.5 Å². The van der Waals surface area contributed by atoms with E-state index in [1.807, 2.05) is 29.7 Å². The molecule has 1 aromatic carbocycles. The highest BCUT2D eigenvalue weighted by molar-refractivity contribution is 5.89. The zero-order valence-corrected chi connectivity index (χ0v) is 11.4. The second-order valence-corrected chi connectivity index (χ2v) is 4.79. The van der Waals surface area contributed by atoms with Gasteiger partial charge >= 0.3 is 5.97 Å². The molecule has 0 saturated heterocycles. The molecule has 0 spiro atoms. The lowest BCUT2D eigenvalue weighted by molar-refractivity contribution is 0.0468. The minimum atomic E-state index is -0.567. The molecule has 3 aromatic rings. The summed E-state index contributed by atoms with van der Waals surface area (Å²) in [6.45, 7) is 2.04. The number of pyridine rings is 1. The van der Waals surface area contributed by atoms with Crippen molar-refractivity contribution in [2.24, 2.45) is 0 Å². The molecular formula is C16H13FN2O2. The Morgan fingerprint density at radius 3 is 2.95 bits per heavy atom. The van der Waals surface area contributed by atoms with Crippen LogP contribution in [0.25, 0.3) is 5.65 Å². The summed E-state index contributed by atoms with van der Waals surface area (Å²) in [5.41, 5.74) is 2.74. The van der Waals surface area contributed by atoms with Crippen LogP contribution >= 0.6 is 0 Å². The summed E-state index contributed by atoms with van der Waals surface area (Å²) in [5, 5.41) is 0. The molecule has 0 fully saturated rings. The maximum absolute atomic E-state index is 13.0. The number of esters is 1. The van der Waals surface area contributed by atoms with Crippen LogP contribution in [0.1, 0.15) is 21.6 Å². The molecule has 2 heterocycles. The number of carbonyl (C=O) groups is 1. The Bertz CT molecular complexity index is 811. The van der Waals surface area contributed by atoms with E-state index >= 15 is 0 Å². The van der Waals surface area contributed by atoms with Gasteiger partial charge in [-0.05, 0) is 36.8 Å².